The molecule has 0 radical (unpaired) electrons. The van der Waals surface area contributed by atoms with E-state index in [2.05, 4.69) is 11.4 Å². The van der Waals surface area contributed by atoms with E-state index in [9.17, 15) is 4.79 Å². The van der Waals surface area contributed by atoms with Crippen molar-refractivity contribution in [1.29, 1.82) is 0 Å². The number of carbonyl (C=O) groups excluding carboxylic acids is 1. The van der Waals surface area contributed by atoms with Crippen molar-refractivity contribution in [3.8, 4) is 5.75 Å². The van der Waals surface area contributed by atoms with Crippen molar-refractivity contribution in [3.63, 3.8) is 0 Å². The van der Waals surface area contributed by atoms with Crippen LogP contribution in [-0.2, 0) is 16.0 Å². The van der Waals surface area contributed by atoms with Crippen LogP contribution < -0.4 is 10.1 Å². The second kappa shape index (κ2) is 5.19. The molecule has 0 fully saturated rings. The highest BCUT2D eigenvalue weighted by molar-refractivity contribution is 5.70. The lowest BCUT2D eigenvalue weighted by Crippen LogP contribution is -2.31. The number of benzene rings is 1. The predicted molar refractivity (Wildman–Crippen MR) is 64.1 cm³/mol. The molecular weight excluding hydrogens is 218 g/mol. The van der Waals surface area contributed by atoms with E-state index in [1.54, 1.807) is 7.11 Å². The Kier molecular flexibility index (Phi) is 3.64. The van der Waals surface area contributed by atoms with Crippen LogP contribution in [0.3, 0.4) is 0 Å². The summed E-state index contributed by atoms with van der Waals surface area (Å²) in [5, 5.41) is 3.34. The number of esters is 1. The van der Waals surface area contributed by atoms with Crippen LogP contribution in [0.1, 0.15) is 23.6 Å². The van der Waals surface area contributed by atoms with Gasteiger partial charge >= 0.3 is 5.97 Å². The summed E-state index contributed by atoms with van der Waals surface area (Å²) in [7, 11) is 3.06. The number of rotatable bonds is 3. The van der Waals surface area contributed by atoms with Gasteiger partial charge in [0, 0.05) is 6.04 Å². The molecule has 1 aromatic rings. The van der Waals surface area contributed by atoms with E-state index in [0.717, 1.165) is 24.3 Å². The van der Waals surface area contributed by atoms with E-state index < -0.39 is 0 Å². The zero-order valence-corrected chi connectivity index (χ0v) is 10.2. The van der Waals surface area contributed by atoms with E-state index >= 15 is 0 Å². The number of nitrogens with one attached hydrogen (secondary N) is 1. The predicted octanol–water partition coefficient (Wildman–Crippen LogP) is 1.45. The van der Waals surface area contributed by atoms with Crippen molar-refractivity contribution in [2.24, 2.45) is 0 Å². The van der Waals surface area contributed by atoms with Gasteiger partial charge in [-0.1, -0.05) is 6.07 Å². The summed E-state index contributed by atoms with van der Waals surface area (Å²) >= 11 is 0. The summed E-state index contributed by atoms with van der Waals surface area (Å²) < 4.78 is 9.93. The second-order valence-corrected chi connectivity index (χ2v) is 4.10. The fourth-order valence-corrected chi connectivity index (χ4v) is 2.18. The zero-order chi connectivity index (χ0) is 12.3. The molecular formula is C13H17NO3. The lowest BCUT2D eigenvalue weighted by atomic mass is 9.92. The molecule has 0 saturated heterocycles. The van der Waals surface area contributed by atoms with E-state index in [0.29, 0.717) is 6.42 Å². The van der Waals surface area contributed by atoms with Crippen molar-refractivity contribution in [1.82, 2.24) is 5.32 Å². The van der Waals surface area contributed by atoms with Gasteiger partial charge in [0.15, 0.2) is 0 Å². The Hall–Kier alpha value is -1.55. The Morgan fingerprint density at radius 2 is 2.29 bits per heavy atom. The van der Waals surface area contributed by atoms with Crippen molar-refractivity contribution >= 4 is 5.97 Å². The Morgan fingerprint density at radius 3 is 3.00 bits per heavy atom. The normalized spacial score (nSPS) is 18.4. The fraction of sp³-hybridized carbons (Fsp3) is 0.462. The number of hydrogen-bond acceptors (Lipinski definition) is 4. The zero-order valence-electron chi connectivity index (χ0n) is 10.2. The monoisotopic (exact) mass is 235 g/mol. The molecule has 0 saturated carbocycles. The first-order valence-electron chi connectivity index (χ1n) is 5.71. The minimum atomic E-state index is -0.196. The van der Waals surface area contributed by atoms with Gasteiger partial charge in [-0.3, -0.25) is 4.79 Å². The highest BCUT2D eigenvalue weighted by Gasteiger charge is 2.22. The number of ether oxygens (including phenoxy) is 2. The molecule has 0 aromatic heterocycles. The number of hydrogen-bond donors (Lipinski definition) is 1. The quantitative estimate of drug-likeness (QED) is 0.805. The SMILES string of the molecule is COC(=O)CC1NCCc2ccc(OC)cc21. The third-order valence-corrected chi connectivity index (χ3v) is 3.11. The molecule has 0 bridgehead atoms. The average molecular weight is 235 g/mol. The summed E-state index contributed by atoms with van der Waals surface area (Å²) in [4.78, 5) is 11.4. The third kappa shape index (κ3) is 2.58. The summed E-state index contributed by atoms with van der Waals surface area (Å²) in [6.45, 7) is 0.890. The Bertz CT molecular complexity index is 417. The van der Waals surface area contributed by atoms with Crippen LogP contribution in [0.2, 0.25) is 0 Å². The van der Waals surface area contributed by atoms with Crippen LogP contribution in [0.15, 0.2) is 18.2 Å². The van der Waals surface area contributed by atoms with Crippen molar-refractivity contribution in [3.05, 3.63) is 29.3 Å². The van der Waals surface area contributed by atoms with Gasteiger partial charge in [-0.15, -0.1) is 0 Å². The van der Waals surface area contributed by atoms with Crippen molar-refractivity contribution < 1.29 is 14.3 Å². The molecule has 0 aliphatic carbocycles. The van der Waals surface area contributed by atoms with Gasteiger partial charge in [0.2, 0.25) is 0 Å². The largest absolute Gasteiger partial charge is 0.497 e. The standard InChI is InChI=1S/C13H17NO3/c1-16-10-4-3-9-5-6-14-12(11(9)7-10)8-13(15)17-2/h3-4,7,12,14H,5-6,8H2,1-2H3. The van der Waals surface area contributed by atoms with Crippen LogP contribution in [0.4, 0.5) is 0 Å². The van der Waals surface area contributed by atoms with Gasteiger partial charge in [-0.2, -0.15) is 0 Å². The first kappa shape index (κ1) is 11.9. The van der Waals surface area contributed by atoms with Crippen molar-refractivity contribution in [2.45, 2.75) is 18.9 Å². The van der Waals surface area contributed by atoms with Gasteiger partial charge in [-0.25, -0.2) is 0 Å². The maximum absolute atomic E-state index is 11.4. The van der Waals surface area contributed by atoms with Gasteiger partial charge in [-0.05, 0) is 36.2 Å². The van der Waals surface area contributed by atoms with Crippen LogP contribution in [-0.4, -0.2) is 26.7 Å². The molecule has 1 N–H and O–H groups in total. The van der Waals surface area contributed by atoms with Crippen LogP contribution in [0.25, 0.3) is 0 Å². The van der Waals surface area contributed by atoms with Crippen LogP contribution in [0, 0.1) is 0 Å². The topological polar surface area (TPSA) is 47.6 Å². The molecule has 4 nitrogen and oxygen atoms in total. The molecule has 1 aliphatic heterocycles. The van der Waals surface area contributed by atoms with Crippen molar-refractivity contribution in [2.75, 3.05) is 20.8 Å². The van der Waals surface area contributed by atoms with Gasteiger partial charge in [0.1, 0.15) is 5.75 Å². The first-order valence-corrected chi connectivity index (χ1v) is 5.71. The number of carbonyl (C=O) groups is 1. The van der Waals surface area contributed by atoms with E-state index in [1.165, 1.54) is 12.7 Å². The summed E-state index contributed by atoms with van der Waals surface area (Å²) in [5.41, 5.74) is 2.42. The Labute approximate surface area is 101 Å². The smallest absolute Gasteiger partial charge is 0.307 e. The number of methoxy groups -OCH3 is 2. The Morgan fingerprint density at radius 1 is 1.47 bits per heavy atom. The summed E-state index contributed by atoms with van der Waals surface area (Å²) in [6.07, 6.45) is 1.34. The van der Waals surface area contributed by atoms with E-state index in [4.69, 9.17) is 9.47 Å². The van der Waals surface area contributed by atoms with Gasteiger partial charge in [0.25, 0.3) is 0 Å². The van der Waals surface area contributed by atoms with E-state index in [1.807, 2.05) is 12.1 Å². The maximum Gasteiger partial charge on any atom is 0.307 e. The molecule has 1 atom stereocenters. The minimum absolute atomic E-state index is 0.0290. The number of fused-ring (bicyclic) bond motifs is 1. The van der Waals surface area contributed by atoms with Crippen LogP contribution >= 0.6 is 0 Å². The molecule has 0 spiro atoms. The molecule has 4 heteroatoms. The maximum atomic E-state index is 11.4. The molecule has 0 amide bonds. The van der Waals surface area contributed by atoms with Gasteiger partial charge < -0.3 is 14.8 Å². The van der Waals surface area contributed by atoms with Gasteiger partial charge in [0.05, 0.1) is 20.6 Å². The highest BCUT2D eigenvalue weighted by atomic mass is 16.5. The highest BCUT2D eigenvalue weighted by Crippen LogP contribution is 2.29. The first-order chi connectivity index (χ1) is 8.24. The van der Waals surface area contributed by atoms with E-state index in [-0.39, 0.29) is 12.0 Å². The second-order valence-electron chi connectivity index (χ2n) is 4.10. The molecule has 1 heterocycles. The summed E-state index contributed by atoms with van der Waals surface area (Å²) in [6, 6.07) is 6.05. The summed E-state index contributed by atoms with van der Waals surface area (Å²) in [5.74, 6) is 0.625. The molecule has 92 valence electrons. The molecule has 2 rings (SSSR count). The average Bonchev–Trinajstić information content (AvgIpc) is 2.38. The minimum Gasteiger partial charge on any atom is -0.497 e. The lowest BCUT2D eigenvalue weighted by Gasteiger charge is -2.26. The fourth-order valence-electron chi connectivity index (χ4n) is 2.18. The third-order valence-electron chi connectivity index (χ3n) is 3.11. The Balaban J connectivity index is 2.25. The molecule has 1 unspecified atom stereocenters. The molecule has 17 heavy (non-hydrogen) atoms. The molecule has 1 aromatic carbocycles. The molecule has 1 aliphatic rings. The van der Waals surface area contributed by atoms with Crippen LogP contribution in [0.5, 0.6) is 5.75 Å². The lowest BCUT2D eigenvalue weighted by molar-refractivity contribution is -0.141.